The highest BCUT2D eigenvalue weighted by Crippen LogP contribution is 2.25. The summed E-state index contributed by atoms with van der Waals surface area (Å²) in [6.45, 7) is 0. The van der Waals surface area contributed by atoms with Crippen molar-refractivity contribution in [1.29, 1.82) is 0 Å². The van der Waals surface area contributed by atoms with Gasteiger partial charge < -0.3 is 9.47 Å². The van der Waals surface area contributed by atoms with E-state index in [-0.39, 0.29) is 4.90 Å². The van der Waals surface area contributed by atoms with Gasteiger partial charge in [0.05, 0.1) is 19.1 Å². The number of benzene rings is 3. The minimum Gasteiger partial charge on any atom is -0.464 e. The second-order valence-corrected chi connectivity index (χ2v) is 9.49. The first-order chi connectivity index (χ1) is 17.7. The van der Waals surface area contributed by atoms with E-state index in [1.165, 1.54) is 47.2 Å². The van der Waals surface area contributed by atoms with Crippen molar-refractivity contribution in [3.8, 4) is 11.3 Å². The summed E-state index contributed by atoms with van der Waals surface area (Å²) in [5.74, 6) is -2.65. The molecule has 0 saturated heterocycles. The van der Waals surface area contributed by atoms with Gasteiger partial charge in [0.2, 0.25) is 11.4 Å². The number of esters is 2. The summed E-state index contributed by atoms with van der Waals surface area (Å²) in [5.41, 5.74) is 0.331. The highest BCUT2D eigenvalue weighted by molar-refractivity contribution is 7.90. The third-order valence-corrected chi connectivity index (χ3v) is 6.89. The monoisotopic (exact) mass is 521 g/mol. The number of nitrogens with zero attached hydrogens (tertiary/aromatic N) is 2. The number of methoxy groups -OCH3 is 2. The Bertz CT molecular complexity index is 1610. The third-order valence-electron chi connectivity index (χ3n) is 5.58. The Morgan fingerprint density at radius 1 is 0.865 bits per heavy atom. The Kier molecular flexibility index (Phi) is 7.40. The largest absolute Gasteiger partial charge is 0.464 e. The number of carbonyl (C=O) groups excluding carboxylic acids is 2. The molecule has 37 heavy (non-hydrogen) atoms. The summed E-state index contributed by atoms with van der Waals surface area (Å²) < 4.78 is 55.2. The van der Waals surface area contributed by atoms with Gasteiger partial charge in [-0.15, -0.1) is 4.40 Å². The van der Waals surface area contributed by atoms with Crippen LogP contribution >= 0.6 is 0 Å². The molecule has 0 bridgehead atoms. The van der Waals surface area contributed by atoms with Crippen molar-refractivity contribution in [2.75, 3.05) is 14.2 Å². The molecule has 0 spiro atoms. The van der Waals surface area contributed by atoms with Crippen molar-refractivity contribution in [2.24, 2.45) is 4.40 Å². The maximum absolute atomic E-state index is 14.1. The van der Waals surface area contributed by atoms with E-state index in [0.717, 1.165) is 14.2 Å². The fourth-order valence-corrected chi connectivity index (χ4v) is 4.87. The first-order valence-corrected chi connectivity index (χ1v) is 12.4. The molecule has 3 aromatic carbocycles. The van der Waals surface area contributed by atoms with Crippen LogP contribution in [0.25, 0.3) is 22.0 Å². The first-order valence-electron chi connectivity index (χ1n) is 11.0. The standard InChI is InChI=1S/C27H22FN2O6S/c1-35-26(31)24(29-37(33,34)22-11-7-4-8-12-22)25(27(32)36-2)30-17-20-15-21(28)14-13-19(20)16-23(30)18-9-5-3-6-10-18/h3-17,25H,1-2H3/q+1/b29-24-. The molecule has 8 nitrogen and oxygen atoms in total. The topological polar surface area (TPSA) is 103 Å². The molecule has 0 saturated carbocycles. The molecular weight excluding hydrogens is 499 g/mol. The lowest BCUT2D eigenvalue weighted by Crippen LogP contribution is -2.52. The van der Waals surface area contributed by atoms with E-state index in [2.05, 4.69) is 4.40 Å². The second-order valence-electron chi connectivity index (χ2n) is 7.89. The zero-order valence-electron chi connectivity index (χ0n) is 19.9. The van der Waals surface area contributed by atoms with Gasteiger partial charge in [0.1, 0.15) is 5.82 Å². The molecule has 10 heteroatoms. The van der Waals surface area contributed by atoms with Crippen molar-refractivity contribution in [3.05, 3.63) is 96.9 Å². The lowest BCUT2D eigenvalue weighted by molar-refractivity contribution is -0.683. The van der Waals surface area contributed by atoms with Crippen LogP contribution in [0.1, 0.15) is 6.04 Å². The summed E-state index contributed by atoms with van der Waals surface area (Å²) in [4.78, 5) is 25.9. The average Bonchev–Trinajstić information content (AvgIpc) is 2.92. The number of rotatable bonds is 7. The lowest BCUT2D eigenvalue weighted by Gasteiger charge is -2.15. The van der Waals surface area contributed by atoms with Crippen molar-refractivity contribution in [3.63, 3.8) is 0 Å². The summed E-state index contributed by atoms with van der Waals surface area (Å²) in [5, 5.41) is 1.04. The summed E-state index contributed by atoms with van der Waals surface area (Å²) in [7, 11) is -2.29. The van der Waals surface area contributed by atoms with E-state index < -0.39 is 39.5 Å². The van der Waals surface area contributed by atoms with Crippen LogP contribution in [0.3, 0.4) is 0 Å². The van der Waals surface area contributed by atoms with E-state index >= 15 is 0 Å². The molecule has 0 radical (unpaired) electrons. The molecule has 1 atom stereocenters. The van der Waals surface area contributed by atoms with E-state index in [9.17, 15) is 22.4 Å². The Morgan fingerprint density at radius 3 is 2.14 bits per heavy atom. The molecule has 188 valence electrons. The Labute approximate surface area is 212 Å². The predicted octanol–water partition coefficient (Wildman–Crippen LogP) is 3.65. The molecule has 1 heterocycles. The highest BCUT2D eigenvalue weighted by Gasteiger charge is 2.43. The fourth-order valence-electron chi connectivity index (χ4n) is 3.83. The van der Waals surface area contributed by atoms with E-state index in [1.54, 1.807) is 48.5 Å². The average molecular weight is 522 g/mol. The molecule has 0 aliphatic heterocycles. The van der Waals surface area contributed by atoms with Crippen LogP contribution in [-0.2, 0) is 29.1 Å². The van der Waals surface area contributed by atoms with Gasteiger partial charge in [0.15, 0.2) is 6.20 Å². The van der Waals surface area contributed by atoms with Gasteiger partial charge in [0, 0.05) is 17.0 Å². The fraction of sp³-hybridized carbons (Fsp3) is 0.111. The van der Waals surface area contributed by atoms with E-state index in [4.69, 9.17) is 9.47 Å². The van der Waals surface area contributed by atoms with Gasteiger partial charge in [-0.25, -0.2) is 14.0 Å². The number of fused-ring (bicyclic) bond motifs is 1. The smallest absolute Gasteiger partial charge is 0.382 e. The Morgan fingerprint density at radius 2 is 1.51 bits per heavy atom. The molecule has 1 aromatic heterocycles. The van der Waals surface area contributed by atoms with Crippen LogP contribution in [0.2, 0.25) is 0 Å². The van der Waals surface area contributed by atoms with Crippen molar-refractivity contribution in [1.82, 2.24) is 0 Å². The maximum atomic E-state index is 14.1. The van der Waals surface area contributed by atoms with Crippen molar-refractivity contribution < 1.29 is 36.4 Å². The minimum atomic E-state index is -4.43. The van der Waals surface area contributed by atoms with Crippen LogP contribution in [0.15, 0.2) is 100 Å². The molecule has 0 amide bonds. The quantitative estimate of drug-likeness (QED) is 0.209. The summed E-state index contributed by atoms with van der Waals surface area (Å²) in [6, 6.07) is 20.3. The third kappa shape index (κ3) is 5.39. The second kappa shape index (κ2) is 10.7. The Balaban J connectivity index is 2.05. The molecule has 0 fully saturated rings. The van der Waals surface area contributed by atoms with Gasteiger partial charge in [0.25, 0.3) is 10.0 Å². The zero-order valence-corrected chi connectivity index (χ0v) is 20.7. The number of halogens is 1. The number of hydrogen-bond donors (Lipinski definition) is 0. The number of pyridine rings is 1. The number of hydrogen-bond acceptors (Lipinski definition) is 6. The SMILES string of the molecule is COC(=O)/C(=N\S(=O)(=O)c1ccccc1)C(C(=O)OC)[n+]1cc2cc(F)ccc2cc1-c1ccccc1. The Hall–Kier alpha value is -4.44. The maximum Gasteiger partial charge on any atom is 0.382 e. The lowest BCUT2D eigenvalue weighted by atomic mass is 10.0. The van der Waals surface area contributed by atoms with Gasteiger partial charge >= 0.3 is 18.0 Å². The van der Waals surface area contributed by atoms with Crippen LogP contribution in [-0.4, -0.2) is 40.3 Å². The summed E-state index contributed by atoms with van der Waals surface area (Å²) >= 11 is 0. The van der Waals surface area contributed by atoms with E-state index in [1.807, 2.05) is 0 Å². The van der Waals surface area contributed by atoms with Gasteiger partial charge in [-0.05, 0) is 41.8 Å². The van der Waals surface area contributed by atoms with Gasteiger partial charge in [-0.2, -0.15) is 13.0 Å². The van der Waals surface area contributed by atoms with Crippen LogP contribution < -0.4 is 4.57 Å². The van der Waals surface area contributed by atoms with Crippen LogP contribution in [0, 0.1) is 5.82 Å². The molecule has 4 rings (SSSR count). The number of ether oxygens (including phenoxy) is 2. The van der Waals surface area contributed by atoms with Crippen LogP contribution in [0.5, 0.6) is 0 Å². The van der Waals surface area contributed by atoms with Gasteiger partial charge in [-0.3, -0.25) is 0 Å². The number of sulfonamides is 1. The highest BCUT2D eigenvalue weighted by atomic mass is 32.2. The first kappa shape index (κ1) is 25.6. The predicted molar refractivity (Wildman–Crippen MR) is 134 cm³/mol. The van der Waals surface area contributed by atoms with Crippen LogP contribution in [0.4, 0.5) is 4.39 Å². The van der Waals surface area contributed by atoms with Crippen molar-refractivity contribution in [2.45, 2.75) is 10.9 Å². The molecule has 0 aliphatic carbocycles. The van der Waals surface area contributed by atoms with Gasteiger partial charge in [-0.1, -0.05) is 42.5 Å². The molecule has 4 aromatic rings. The summed E-state index contributed by atoms with van der Waals surface area (Å²) in [6.07, 6.45) is 1.44. The molecular formula is C27H22FN2O6S+. The normalized spacial score (nSPS) is 12.7. The molecule has 0 aliphatic rings. The number of aromatic nitrogens is 1. The number of carbonyl (C=O) groups is 2. The molecule has 0 N–H and O–H groups in total. The van der Waals surface area contributed by atoms with E-state index in [0.29, 0.717) is 22.0 Å². The molecule has 1 unspecified atom stereocenters. The van der Waals surface area contributed by atoms with Crippen molar-refractivity contribution >= 4 is 38.4 Å². The zero-order chi connectivity index (χ0) is 26.6. The minimum absolute atomic E-state index is 0.186.